The van der Waals surface area contributed by atoms with Crippen molar-refractivity contribution in [1.29, 1.82) is 0 Å². The topological polar surface area (TPSA) is 71.1 Å². The maximum atomic E-state index is 12.1. The van der Waals surface area contributed by atoms with Crippen LogP contribution in [0.5, 0.6) is 11.5 Å². The molecule has 1 aliphatic heterocycles. The zero-order chi connectivity index (χ0) is 20.1. The van der Waals surface area contributed by atoms with Gasteiger partial charge < -0.3 is 18.9 Å². The van der Waals surface area contributed by atoms with Crippen LogP contribution in [0.15, 0.2) is 24.3 Å². The molecule has 1 heterocycles. The van der Waals surface area contributed by atoms with Gasteiger partial charge in [-0.2, -0.15) is 0 Å². The summed E-state index contributed by atoms with van der Waals surface area (Å²) in [5, 5.41) is 0. The van der Waals surface area contributed by atoms with Gasteiger partial charge in [-0.1, -0.05) is 33.3 Å². The molecule has 1 fully saturated rings. The molecule has 6 nitrogen and oxygen atoms in total. The Hall–Kier alpha value is -2.50. The molecule has 152 valence electrons. The molecule has 3 atom stereocenters. The van der Waals surface area contributed by atoms with E-state index in [1.54, 1.807) is 18.2 Å². The first-order chi connectivity index (χ1) is 13.4. The van der Waals surface area contributed by atoms with E-state index in [4.69, 9.17) is 18.9 Å². The van der Waals surface area contributed by atoms with E-state index in [9.17, 15) is 9.59 Å². The van der Waals surface area contributed by atoms with Gasteiger partial charge in [0, 0.05) is 6.08 Å². The maximum absolute atomic E-state index is 12.1. The average Bonchev–Trinajstić information content (AvgIpc) is 3.12. The highest BCUT2D eigenvalue weighted by Gasteiger charge is 2.33. The summed E-state index contributed by atoms with van der Waals surface area (Å²) < 4.78 is 21.2. The largest absolute Gasteiger partial charge is 0.460 e. The summed E-state index contributed by atoms with van der Waals surface area (Å²) in [5.41, 5.74) is 0.778. The molecule has 3 unspecified atom stereocenters. The fourth-order valence-electron chi connectivity index (χ4n) is 3.81. The van der Waals surface area contributed by atoms with Gasteiger partial charge in [-0.25, -0.2) is 9.59 Å². The minimum Gasteiger partial charge on any atom is -0.460 e. The van der Waals surface area contributed by atoms with E-state index in [2.05, 4.69) is 20.8 Å². The molecule has 1 aromatic carbocycles. The molecule has 0 spiro atoms. The number of ether oxygens (including phenoxy) is 4. The molecular weight excluding hydrogens is 360 g/mol. The highest BCUT2D eigenvalue weighted by Crippen LogP contribution is 2.35. The van der Waals surface area contributed by atoms with E-state index in [-0.39, 0.29) is 19.5 Å². The molecule has 0 radical (unpaired) electrons. The van der Waals surface area contributed by atoms with E-state index in [0.717, 1.165) is 24.8 Å². The SMILES string of the molecule is CC1CCC(C(C)C)C(OC(=O)COC(=O)/C=C/c2ccc3c(c2)OCO3)C1. The molecule has 0 N–H and O–H groups in total. The Morgan fingerprint density at radius 3 is 2.79 bits per heavy atom. The fourth-order valence-corrected chi connectivity index (χ4v) is 3.81. The van der Waals surface area contributed by atoms with E-state index >= 15 is 0 Å². The normalized spacial score (nSPS) is 23.8. The van der Waals surface area contributed by atoms with Gasteiger partial charge in [0.2, 0.25) is 6.79 Å². The summed E-state index contributed by atoms with van der Waals surface area (Å²) >= 11 is 0. The van der Waals surface area contributed by atoms with Crippen molar-refractivity contribution in [3.8, 4) is 11.5 Å². The van der Waals surface area contributed by atoms with Crippen LogP contribution in [-0.4, -0.2) is 31.4 Å². The molecule has 0 bridgehead atoms. The second-order valence-electron chi connectivity index (χ2n) is 7.91. The molecule has 0 aromatic heterocycles. The number of benzene rings is 1. The Bertz CT molecular complexity index is 739. The summed E-state index contributed by atoms with van der Waals surface area (Å²) in [7, 11) is 0. The van der Waals surface area contributed by atoms with Crippen molar-refractivity contribution >= 4 is 18.0 Å². The molecule has 1 aliphatic carbocycles. The van der Waals surface area contributed by atoms with Crippen LogP contribution in [0.1, 0.15) is 45.6 Å². The predicted molar refractivity (Wildman–Crippen MR) is 104 cm³/mol. The highest BCUT2D eigenvalue weighted by atomic mass is 16.7. The molecule has 1 aromatic rings. The number of rotatable bonds is 6. The van der Waals surface area contributed by atoms with Crippen LogP contribution in [0, 0.1) is 17.8 Å². The third kappa shape index (κ3) is 5.27. The van der Waals surface area contributed by atoms with Crippen LogP contribution < -0.4 is 9.47 Å². The molecule has 6 heteroatoms. The summed E-state index contributed by atoms with van der Waals surface area (Å²) in [4.78, 5) is 24.0. The van der Waals surface area contributed by atoms with Gasteiger partial charge in [0.05, 0.1) is 0 Å². The number of carbonyl (C=O) groups excluding carboxylic acids is 2. The third-order valence-electron chi connectivity index (χ3n) is 5.38. The number of hydrogen-bond acceptors (Lipinski definition) is 6. The zero-order valence-electron chi connectivity index (χ0n) is 16.7. The lowest BCUT2D eigenvalue weighted by Crippen LogP contribution is -2.36. The summed E-state index contributed by atoms with van der Waals surface area (Å²) in [6, 6.07) is 5.36. The van der Waals surface area contributed by atoms with Gasteiger partial charge in [0.1, 0.15) is 6.10 Å². The van der Waals surface area contributed by atoms with Crippen LogP contribution >= 0.6 is 0 Å². The Balaban J connectivity index is 1.46. The fraction of sp³-hybridized carbons (Fsp3) is 0.545. The quantitative estimate of drug-likeness (QED) is 0.542. The standard InChI is InChI=1S/C22H28O6/c1-14(2)17-7-4-15(3)10-19(17)28-22(24)12-25-21(23)9-6-16-5-8-18-20(11-16)27-13-26-18/h5-6,8-9,11,14-15,17,19H,4,7,10,12-13H2,1-3H3/b9-6+. The van der Waals surface area contributed by atoms with Gasteiger partial charge in [-0.3, -0.25) is 0 Å². The lowest BCUT2D eigenvalue weighted by atomic mass is 9.75. The summed E-state index contributed by atoms with van der Waals surface area (Å²) in [6.45, 7) is 6.31. The first kappa shape index (κ1) is 20.2. The molecule has 0 saturated heterocycles. The van der Waals surface area contributed by atoms with Crippen molar-refractivity contribution in [1.82, 2.24) is 0 Å². The average molecular weight is 388 g/mol. The smallest absolute Gasteiger partial charge is 0.344 e. The van der Waals surface area contributed by atoms with Crippen molar-refractivity contribution in [2.24, 2.45) is 17.8 Å². The van der Waals surface area contributed by atoms with Crippen LogP contribution in [0.2, 0.25) is 0 Å². The number of esters is 2. The van der Waals surface area contributed by atoms with Crippen LogP contribution in [0.4, 0.5) is 0 Å². The zero-order valence-corrected chi connectivity index (χ0v) is 16.7. The number of hydrogen-bond donors (Lipinski definition) is 0. The lowest BCUT2D eigenvalue weighted by molar-refractivity contribution is -0.165. The molecule has 28 heavy (non-hydrogen) atoms. The first-order valence-corrected chi connectivity index (χ1v) is 9.86. The van der Waals surface area contributed by atoms with Crippen molar-refractivity contribution in [3.63, 3.8) is 0 Å². The van der Waals surface area contributed by atoms with Crippen molar-refractivity contribution in [3.05, 3.63) is 29.8 Å². The lowest BCUT2D eigenvalue weighted by Gasteiger charge is -2.36. The van der Waals surface area contributed by atoms with E-state index in [1.165, 1.54) is 6.08 Å². The van der Waals surface area contributed by atoms with Crippen molar-refractivity contribution in [2.75, 3.05) is 13.4 Å². The summed E-state index contributed by atoms with van der Waals surface area (Å²) in [5.74, 6) is 1.60. The maximum Gasteiger partial charge on any atom is 0.344 e. The van der Waals surface area contributed by atoms with Gasteiger partial charge in [0.25, 0.3) is 0 Å². The van der Waals surface area contributed by atoms with E-state index in [1.807, 2.05) is 6.07 Å². The minimum absolute atomic E-state index is 0.0980. The molecule has 1 saturated carbocycles. The van der Waals surface area contributed by atoms with E-state index in [0.29, 0.717) is 29.3 Å². The van der Waals surface area contributed by atoms with Crippen molar-refractivity contribution in [2.45, 2.75) is 46.1 Å². The Kier molecular flexibility index (Phi) is 6.60. The second kappa shape index (κ2) is 9.13. The number of fused-ring (bicyclic) bond motifs is 1. The van der Waals surface area contributed by atoms with E-state index < -0.39 is 11.9 Å². The minimum atomic E-state index is -0.591. The predicted octanol–water partition coefficient (Wildman–Crippen LogP) is 3.98. The first-order valence-electron chi connectivity index (χ1n) is 9.86. The molecular formula is C22H28O6. The second-order valence-corrected chi connectivity index (χ2v) is 7.91. The molecule has 2 aliphatic rings. The Labute approximate surface area is 165 Å². The molecule has 0 amide bonds. The highest BCUT2D eigenvalue weighted by molar-refractivity contribution is 5.88. The van der Waals surface area contributed by atoms with Gasteiger partial charge in [-0.15, -0.1) is 0 Å². The number of carbonyl (C=O) groups is 2. The third-order valence-corrected chi connectivity index (χ3v) is 5.38. The van der Waals surface area contributed by atoms with Crippen LogP contribution in [-0.2, 0) is 19.1 Å². The monoisotopic (exact) mass is 388 g/mol. The Morgan fingerprint density at radius 2 is 2.00 bits per heavy atom. The van der Waals surface area contributed by atoms with Crippen LogP contribution in [0.3, 0.4) is 0 Å². The van der Waals surface area contributed by atoms with Crippen LogP contribution in [0.25, 0.3) is 6.08 Å². The van der Waals surface area contributed by atoms with Gasteiger partial charge in [0.15, 0.2) is 18.1 Å². The van der Waals surface area contributed by atoms with Gasteiger partial charge in [-0.05, 0) is 54.4 Å². The van der Waals surface area contributed by atoms with Gasteiger partial charge >= 0.3 is 11.9 Å². The molecule has 3 rings (SSSR count). The summed E-state index contributed by atoms with van der Waals surface area (Å²) in [6.07, 6.45) is 5.88. The van der Waals surface area contributed by atoms with Crippen molar-refractivity contribution < 1.29 is 28.5 Å². The Morgan fingerprint density at radius 1 is 1.21 bits per heavy atom.